The zero-order chi connectivity index (χ0) is 14.4. The zero-order valence-corrected chi connectivity index (χ0v) is 12.0. The summed E-state index contributed by atoms with van der Waals surface area (Å²) >= 11 is 1.47. The number of fused-ring (bicyclic) bond motifs is 2. The maximum absolute atomic E-state index is 5.74. The van der Waals surface area contributed by atoms with Crippen LogP contribution < -0.4 is 11.1 Å². The molecule has 0 saturated heterocycles. The molecule has 1 aromatic carbocycles. The summed E-state index contributed by atoms with van der Waals surface area (Å²) in [6, 6.07) is 9.86. The van der Waals surface area contributed by atoms with E-state index in [2.05, 4.69) is 25.3 Å². The molecule has 0 aliphatic carbocycles. The topological polar surface area (TPSA) is 92.5 Å². The summed E-state index contributed by atoms with van der Waals surface area (Å²) in [5, 5.41) is 3.59. The monoisotopic (exact) mass is 296 g/mol. The minimum absolute atomic E-state index is 0.576. The number of imidazole rings is 1. The molecule has 3 aromatic heterocycles. The van der Waals surface area contributed by atoms with Crippen LogP contribution in [0.3, 0.4) is 0 Å². The predicted octanol–water partition coefficient (Wildman–Crippen LogP) is 2.86. The number of rotatable bonds is 2. The Balaban J connectivity index is 1.86. The minimum atomic E-state index is 0.576. The molecule has 4 aromatic rings. The second-order valence-electron chi connectivity index (χ2n) is 4.64. The first-order valence-corrected chi connectivity index (χ1v) is 7.25. The number of hydrogen-bond acceptors (Lipinski definition) is 6. The van der Waals surface area contributed by atoms with Gasteiger partial charge in [0.05, 0.1) is 15.7 Å². The molecule has 0 saturated carbocycles. The molecule has 3 heterocycles. The molecule has 0 amide bonds. The van der Waals surface area contributed by atoms with Crippen molar-refractivity contribution in [2.75, 3.05) is 18.1 Å². The number of aromatic nitrogens is 4. The van der Waals surface area contributed by atoms with Crippen LogP contribution in [0.5, 0.6) is 0 Å². The first-order valence-electron chi connectivity index (χ1n) is 6.44. The van der Waals surface area contributed by atoms with Crippen molar-refractivity contribution in [2.24, 2.45) is 0 Å². The van der Waals surface area contributed by atoms with E-state index >= 15 is 0 Å². The van der Waals surface area contributed by atoms with E-state index in [0.29, 0.717) is 10.8 Å². The van der Waals surface area contributed by atoms with Crippen LogP contribution in [-0.4, -0.2) is 27.0 Å². The zero-order valence-electron chi connectivity index (χ0n) is 11.2. The average molecular weight is 296 g/mol. The van der Waals surface area contributed by atoms with E-state index in [4.69, 9.17) is 5.73 Å². The second kappa shape index (κ2) is 4.42. The van der Waals surface area contributed by atoms with Crippen LogP contribution in [0.25, 0.3) is 32.8 Å². The minimum Gasteiger partial charge on any atom is -0.375 e. The Hall–Kier alpha value is -2.67. The number of pyridine rings is 1. The third-order valence-electron chi connectivity index (χ3n) is 3.28. The number of nitrogens with one attached hydrogen (secondary N) is 2. The molecule has 21 heavy (non-hydrogen) atoms. The molecule has 0 atom stereocenters. The summed E-state index contributed by atoms with van der Waals surface area (Å²) in [6.45, 7) is 0. The molecule has 0 unspecified atom stereocenters. The average Bonchev–Trinajstić information content (AvgIpc) is 3.07. The fourth-order valence-electron chi connectivity index (χ4n) is 2.26. The van der Waals surface area contributed by atoms with E-state index in [1.165, 1.54) is 11.3 Å². The van der Waals surface area contributed by atoms with Gasteiger partial charge in [-0.3, -0.25) is 0 Å². The number of benzene rings is 1. The standard InChI is InChI=1S/C14H12N6S/c1-16-11-5-4-9-13(19-11)20-12(17-9)7-2-3-8-10(6-7)21-14(15)18-8/h2-6H,1H3,(H2,15,18)(H2,16,17,19,20). The van der Waals surface area contributed by atoms with Gasteiger partial charge in [0.15, 0.2) is 10.8 Å². The Labute approximate surface area is 124 Å². The Kier molecular flexibility index (Phi) is 2.55. The van der Waals surface area contributed by atoms with Gasteiger partial charge >= 0.3 is 0 Å². The van der Waals surface area contributed by atoms with Gasteiger partial charge in [0, 0.05) is 12.6 Å². The van der Waals surface area contributed by atoms with Gasteiger partial charge < -0.3 is 16.0 Å². The largest absolute Gasteiger partial charge is 0.375 e. The number of nitrogens with two attached hydrogens (primary N) is 1. The van der Waals surface area contributed by atoms with Crippen molar-refractivity contribution in [3.05, 3.63) is 30.3 Å². The smallest absolute Gasteiger partial charge is 0.181 e. The van der Waals surface area contributed by atoms with Crippen LogP contribution in [0.15, 0.2) is 30.3 Å². The first-order chi connectivity index (χ1) is 10.2. The van der Waals surface area contributed by atoms with Crippen LogP contribution in [0.2, 0.25) is 0 Å². The fraction of sp³-hybridized carbons (Fsp3) is 0.0714. The number of nitrogens with zero attached hydrogens (tertiary/aromatic N) is 3. The summed E-state index contributed by atoms with van der Waals surface area (Å²) in [5.41, 5.74) is 9.25. The normalized spacial score (nSPS) is 11.3. The van der Waals surface area contributed by atoms with Crippen molar-refractivity contribution in [3.8, 4) is 11.4 Å². The van der Waals surface area contributed by atoms with Crippen molar-refractivity contribution < 1.29 is 0 Å². The molecule has 0 aliphatic heterocycles. The van der Waals surface area contributed by atoms with E-state index in [1.54, 1.807) is 0 Å². The Morgan fingerprint density at radius 3 is 2.90 bits per heavy atom. The number of thiazole rings is 1. The van der Waals surface area contributed by atoms with E-state index in [9.17, 15) is 0 Å². The van der Waals surface area contributed by atoms with Gasteiger partial charge in [-0.05, 0) is 30.3 Å². The predicted molar refractivity (Wildman–Crippen MR) is 86.5 cm³/mol. The summed E-state index contributed by atoms with van der Waals surface area (Å²) in [5.74, 6) is 1.59. The molecular formula is C14H12N6S. The molecule has 0 fully saturated rings. The van der Waals surface area contributed by atoms with Gasteiger partial charge in [-0.15, -0.1) is 0 Å². The summed E-state index contributed by atoms with van der Waals surface area (Å²) < 4.78 is 1.05. The molecule has 0 radical (unpaired) electrons. The molecule has 6 nitrogen and oxygen atoms in total. The summed E-state index contributed by atoms with van der Waals surface area (Å²) in [6.07, 6.45) is 0. The van der Waals surface area contributed by atoms with Gasteiger partial charge in [-0.25, -0.2) is 15.0 Å². The molecule has 7 heteroatoms. The molecular weight excluding hydrogens is 284 g/mol. The van der Waals surface area contributed by atoms with Crippen molar-refractivity contribution in [1.82, 2.24) is 19.9 Å². The number of H-pyrrole nitrogens is 1. The van der Waals surface area contributed by atoms with Crippen LogP contribution in [-0.2, 0) is 0 Å². The molecule has 0 aliphatic rings. The van der Waals surface area contributed by atoms with E-state index in [1.807, 2.05) is 37.4 Å². The lowest BCUT2D eigenvalue weighted by molar-refractivity contribution is 1.29. The van der Waals surface area contributed by atoms with E-state index in [0.717, 1.165) is 32.9 Å². The maximum atomic E-state index is 5.74. The molecule has 4 N–H and O–H groups in total. The number of nitrogen functional groups attached to an aromatic ring is 1. The quantitative estimate of drug-likeness (QED) is 0.529. The highest BCUT2D eigenvalue weighted by molar-refractivity contribution is 7.22. The van der Waals surface area contributed by atoms with E-state index < -0.39 is 0 Å². The lowest BCUT2D eigenvalue weighted by Crippen LogP contribution is -1.91. The second-order valence-corrected chi connectivity index (χ2v) is 5.70. The number of hydrogen-bond donors (Lipinski definition) is 3. The Morgan fingerprint density at radius 2 is 2.05 bits per heavy atom. The molecule has 0 spiro atoms. The Morgan fingerprint density at radius 1 is 1.14 bits per heavy atom. The molecule has 0 bridgehead atoms. The van der Waals surface area contributed by atoms with Crippen LogP contribution in [0.1, 0.15) is 0 Å². The highest BCUT2D eigenvalue weighted by Gasteiger charge is 2.09. The number of anilines is 2. The van der Waals surface area contributed by atoms with Crippen LogP contribution in [0, 0.1) is 0 Å². The van der Waals surface area contributed by atoms with Crippen molar-refractivity contribution in [3.63, 3.8) is 0 Å². The lowest BCUT2D eigenvalue weighted by Gasteiger charge is -1.95. The van der Waals surface area contributed by atoms with Gasteiger partial charge in [-0.1, -0.05) is 11.3 Å². The third kappa shape index (κ3) is 1.98. The lowest BCUT2D eigenvalue weighted by atomic mass is 10.2. The highest BCUT2D eigenvalue weighted by atomic mass is 32.1. The van der Waals surface area contributed by atoms with Gasteiger partial charge in [0.25, 0.3) is 0 Å². The van der Waals surface area contributed by atoms with E-state index in [-0.39, 0.29) is 0 Å². The highest BCUT2D eigenvalue weighted by Crippen LogP contribution is 2.28. The van der Waals surface area contributed by atoms with Crippen molar-refractivity contribution in [2.45, 2.75) is 0 Å². The SMILES string of the molecule is CNc1ccc2[nH]c(-c3ccc4nc(N)sc4c3)nc2n1. The van der Waals surface area contributed by atoms with Gasteiger partial charge in [0.1, 0.15) is 11.6 Å². The van der Waals surface area contributed by atoms with Crippen LogP contribution >= 0.6 is 11.3 Å². The first kappa shape index (κ1) is 12.1. The summed E-state index contributed by atoms with van der Waals surface area (Å²) in [4.78, 5) is 16.5. The summed E-state index contributed by atoms with van der Waals surface area (Å²) in [7, 11) is 1.84. The third-order valence-corrected chi connectivity index (χ3v) is 4.13. The van der Waals surface area contributed by atoms with Crippen LogP contribution in [0.4, 0.5) is 10.9 Å². The molecule has 4 rings (SSSR count). The Bertz CT molecular complexity index is 955. The fourth-order valence-corrected chi connectivity index (χ4v) is 3.03. The maximum Gasteiger partial charge on any atom is 0.181 e. The number of aromatic amines is 1. The van der Waals surface area contributed by atoms with Gasteiger partial charge in [0.2, 0.25) is 0 Å². The van der Waals surface area contributed by atoms with Crippen molar-refractivity contribution in [1.29, 1.82) is 0 Å². The van der Waals surface area contributed by atoms with Crippen molar-refractivity contribution >= 4 is 43.7 Å². The molecule has 104 valence electrons. The van der Waals surface area contributed by atoms with Gasteiger partial charge in [-0.2, -0.15) is 0 Å².